The number of methoxy groups -OCH3 is 1. The SMILES string of the molecule is COCc1ncc2c(n1)CCCC2=O. The van der Waals surface area contributed by atoms with Crippen LogP contribution in [-0.4, -0.2) is 22.9 Å². The maximum Gasteiger partial charge on any atom is 0.166 e. The monoisotopic (exact) mass is 192 g/mol. The summed E-state index contributed by atoms with van der Waals surface area (Å²) in [7, 11) is 1.61. The molecule has 0 fully saturated rings. The Bertz CT molecular complexity index is 363. The first-order chi connectivity index (χ1) is 6.81. The van der Waals surface area contributed by atoms with Crippen molar-refractivity contribution >= 4 is 5.78 Å². The molecule has 0 N–H and O–H groups in total. The van der Waals surface area contributed by atoms with Gasteiger partial charge in [-0.2, -0.15) is 0 Å². The fourth-order valence-corrected chi connectivity index (χ4v) is 1.63. The zero-order chi connectivity index (χ0) is 9.97. The van der Waals surface area contributed by atoms with E-state index >= 15 is 0 Å². The first kappa shape index (κ1) is 9.27. The molecular formula is C10H12N2O2. The first-order valence-corrected chi connectivity index (χ1v) is 4.68. The molecule has 0 saturated heterocycles. The molecule has 0 spiro atoms. The van der Waals surface area contributed by atoms with Crippen LogP contribution < -0.4 is 0 Å². The molecule has 74 valence electrons. The summed E-state index contributed by atoms with van der Waals surface area (Å²) in [4.78, 5) is 19.8. The van der Waals surface area contributed by atoms with Crippen LogP contribution in [0.4, 0.5) is 0 Å². The highest BCUT2D eigenvalue weighted by Gasteiger charge is 2.18. The number of rotatable bonds is 2. The van der Waals surface area contributed by atoms with Gasteiger partial charge in [-0.15, -0.1) is 0 Å². The predicted molar refractivity (Wildman–Crippen MR) is 50.0 cm³/mol. The van der Waals surface area contributed by atoms with Crippen molar-refractivity contribution in [3.05, 3.63) is 23.3 Å². The second-order valence-electron chi connectivity index (χ2n) is 3.36. The molecule has 0 unspecified atom stereocenters. The van der Waals surface area contributed by atoms with Crippen molar-refractivity contribution < 1.29 is 9.53 Å². The van der Waals surface area contributed by atoms with Gasteiger partial charge in [0.25, 0.3) is 0 Å². The van der Waals surface area contributed by atoms with Crippen molar-refractivity contribution in [1.82, 2.24) is 9.97 Å². The average Bonchev–Trinajstić information content (AvgIpc) is 2.18. The Morgan fingerprint density at radius 1 is 1.50 bits per heavy atom. The molecule has 14 heavy (non-hydrogen) atoms. The summed E-state index contributed by atoms with van der Waals surface area (Å²) in [6, 6.07) is 0. The van der Waals surface area contributed by atoms with Crippen molar-refractivity contribution in [1.29, 1.82) is 0 Å². The van der Waals surface area contributed by atoms with Crippen molar-refractivity contribution in [3.63, 3.8) is 0 Å². The van der Waals surface area contributed by atoms with Crippen LogP contribution in [-0.2, 0) is 17.8 Å². The van der Waals surface area contributed by atoms with Gasteiger partial charge in [-0.3, -0.25) is 4.79 Å². The molecule has 0 atom stereocenters. The number of ether oxygens (including phenoxy) is 1. The fraction of sp³-hybridized carbons (Fsp3) is 0.500. The van der Waals surface area contributed by atoms with Crippen molar-refractivity contribution in [2.75, 3.05) is 7.11 Å². The van der Waals surface area contributed by atoms with E-state index in [1.54, 1.807) is 13.3 Å². The van der Waals surface area contributed by atoms with E-state index in [-0.39, 0.29) is 5.78 Å². The normalized spacial score (nSPS) is 15.4. The van der Waals surface area contributed by atoms with Gasteiger partial charge in [0.15, 0.2) is 11.6 Å². The molecule has 0 bridgehead atoms. The second-order valence-corrected chi connectivity index (χ2v) is 3.36. The van der Waals surface area contributed by atoms with E-state index in [4.69, 9.17) is 4.74 Å². The number of hydrogen-bond acceptors (Lipinski definition) is 4. The Morgan fingerprint density at radius 2 is 2.36 bits per heavy atom. The summed E-state index contributed by atoms with van der Waals surface area (Å²) in [6.45, 7) is 0.404. The van der Waals surface area contributed by atoms with Crippen LogP contribution in [0.5, 0.6) is 0 Å². The van der Waals surface area contributed by atoms with Crippen LogP contribution >= 0.6 is 0 Å². The number of Topliss-reactive ketones (excluding diaryl/α,β-unsaturated/α-hetero) is 1. The van der Waals surface area contributed by atoms with Crippen molar-refractivity contribution in [2.45, 2.75) is 25.9 Å². The highest BCUT2D eigenvalue weighted by atomic mass is 16.5. The number of carbonyl (C=O) groups is 1. The van der Waals surface area contributed by atoms with Crippen molar-refractivity contribution in [3.8, 4) is 0 Å². The highest BCUT2D eigenvalue weighted by Crippen LogP contribution is 2.18. The fourth-order valence-electron chi connectivity index (χ4n) is 1.63. The lowest BCUT2D eigenvalue weighted by atomic mass is 9.96. The number of aromatic nitrogens is 2. The van der Waals surface area contributed by atoms with Gasteiger partial charge in [-0.05, 0) is 12.8 Å². The number of ketones is 1. The Hall–Kier alpha value is -1.29. The molecule has 0 saturated carbocycles. The molecule has 1 aromatic heterocycles. The van der Waals surface area contributed by atoms with Gasteiger partial charge >= 0.3 is 0 Å². The van der Waals surface area contributed by atoms with Gasteiger partial charge in [-0.25, -0.2) is 9.97 Å². The summed E-state index contributed by atoms with van der Waals surface area (Å²) in [5.74, 6) is 0.816. The van der Waals surface area contributed by atoms with Gasteiger partial charge < -0.3 is 4.74 Å². The third-order valence-corrected chi connectivity index (χ3v) is 2.31. The van der Waals surface area contributed by atoms with E-state index < -0.39 is 0 Å². The zero-order valence-electron chi connectivity index (χ0n) is 8.12. The average molecular weight is 192 g/mol. The third-order valence-electron chi connectivity index (χ3n) is 2.31. The molecule has 0 radical (unpaired) electrons. The van der Waals surface area contributed by atoms with Gasteiger partial charge in [0.1, 0.15) is 6.61 Å². The molecule has 1 aliphatic carbocycles. The Balaban J connectivity index is 2.34. The Kier molecular flexibility index (Phi) is 2.54. The van der Waals surface area contributed by atoms with Crippen LogP contribution in [0.1, 0.15) is 34.7 Å². The maximum atomic E-state index is 11.4. The van der Waals surface area contributed by atoms with Crippen LogP contribution in [0.15, 0.2) is 6.20 Å². The number of hydrogen-bond donors (Lipinski definition) is 0. The summed E-state index contributed by atoms with van der Waals surface area (Å²) >= 11 is 0. The quantitative estimate of drug-likeness (QED) is 0.705. The third kappa shape index (κ3) is 1.65. The molecule has 0 aliphatic heterocycles. The molecule has 2 rings (SSSR count). The van der Waals surface area contributed by atoms with Crippen LogP contribution in [0.2, 0.25) is 0 Å². The summed E-state index contributed by atoms with van der Waals surface area (Å²) in [5, 5.41) is 0. The second kappa shape index (κ2) is 3.84. The van der Waals surface area contributed by atoms with E-state index in [0.29, 0.717) is 24.4 Å². The minimum absolute atomic E-state index is 0.162. The summed E-state index contributed by atoms with van der Waals surface area (Å²) < 4.78 is 4.94. The lowest BCUT2D eigenvalue weighted by Crippen LogP contribution is -2.15. The summed E-state index contributed by atoms with van der Waals surface area (Å²) in [5.41, 5.74) is 1.57. The van der Waals surface area contributed by atoms with Crippen LogP contribution in [0, 0.1) is 0 Å². The standard InChI is InChI=1S/C10H12N2O2/c1-14-6-10-11-5-7-8(12-10)3-2-4-9(7)13/h5H,2-4,6H2,1H3. The van der Waals surface area contributed by atoms with E-state index in [9.17, 15) is 4.79 Å². The van der Waals surface area contributed by atoms with Gasteiger partial charge in [0.05, 0.1) is 11.3 Å². The lowest BCUT2D eigenvalue weighted by Gasteiger charge is -2.13. The van der Waals surface area contributed by atoms with E-state index in [0.717, 1.165) is 18.5 Å². The van der Waals surface area contributed by atoms with Gasteiger partial charge in [0.2, 0.25) is 0 Å². The number of fused-ring (bicyclic) bond motifs is 1. The lowest BCUT2D eigenvalue weighted by molar-refractivity contribution is 0.0970. The largest absolute Gasteiger partial charge is 0.377 e. The number of carbonyl (C=O) groups excluding carboxylic acids is 1. The number of aryl methyl sites for hydroxylation is 1. The Labute approximate surface area is 82.3 Å². The smallest absolute Gasteiger partial charge is 0.166 e. The van der Waals surface area contributed by atoms with E-state index in [2.05, 4.69) is 9.97 Å². The molecular weight excluding hydrogens is 180 g/mol. The molecule has 0 amide bonds. The minimum Gasteiger partial charge on any atom is -0.377 e. The molecule has 0 aromatic carbocycles. The van der Waals surface area contributed by atoms with Gasteiger partial charge in [0, 0.05) is 19.7 Å². The first-order valence-electron chi connectivity index (χ1n) is 4.68. The molecule has 4 nitrogen and oxygen atoms in total. The molecule has 4 heteroatoms. The van der Waals surface area contributed by atoms with E-state index in [1.807, 2.05) is 0 Å². The van der Waals surface area contributed by atoms with Crippen molar-refractivity contribution in [2.24, 2.45) is 0 Å². The zero-order valence-corrected chi connectivity index (χ0v) is 8.12. The molecule has 1 aliphatic rings. The van der Waals surface area contributed by atoms with E-state index in [1.165, 1.54) is 0 Å². The summed E-state index contributed by atoms with van der Waals surface area (Å²) in [6.07, 6.45) is 4.02. The molecule has 1 heterocycles. The number of nitrogens with zero attached hydrogens (tertiary/aromatic N) is 2. The van der Waals surface area contributed by atoms with Crippen LogP contribution in [0.3, 0.4) is 0 Å². The topological polar surface area (TPSA) is 52.1 Å². The highest BCUT2D eigenvalue weighted by molar-refractivity contribution is 5.97. The molecule has 1 aromatic rings. The maximum absolute atomic E-state index is 11.4. The Morgan fingerprint density at radius 3 is 3.14 bits per heavy atom. The van der Waals surface area contributed by atoms with Crippen LogP contribution in [0.25, 0.3) is 0 Å². The van der Waals surface area contributed by atoms with Gasteiger partial charge in [-0.1, -0.05) is 0 Å². The minimum atomic E-state index is 0.162. The predicted octanol–water partition coefficient (Wildman–Crippen LogP) is 1.14.